The predicted molar refractivity (Wildman–Crippen MR) is 90.0 cm³/mol. The zero-order chi connectivity index (χ0) is 15.4. The van der Waals surface area contributed by atoms with Crippen LogP contribution in [0.2, 0.25) is 0 Å². The van der Waals surface area contributed by atoms with Crippen molar-refractivity contribution < 1.29 is 5.11 Å². The number of phenolic OH excluding ortho intramolecular Hbond substituents is 1. The monoisotopic (exact) mass is 283 g/mol. The lowest BCUT2D eigenvalue weighted by Crippen LogP contribution is -2.07. The Hall–Kier alpha value is -1.96. The molecule has 2 heteroatoms. The average molecular weight is 283 g/mol. The van der Waals surface area contributed by atoms with E-state index in [0.29, 0.717) is 11.7 Å². The minimum atomic E-state index is 0.0695. The third-order valence-electron chi connectivity index (χ3n) is 4.13. The van der Waals surface area contributed by atoms with Gasteiger partial charge in [0.05, 0.1) is 6.04 Å². The van der Waals surface area contributed by atoms with E-state index in [-0.39, 0.29) is 6.04 Å². The molecule has 2 aromatic rings. The van der Waals surface area contributed by atoms with Gasteiger partial charge in [-0.2, -0.15) is 0 Å². The Labute approximate surface area is 127 Å². The van der Waals surface area contributed by atoms with Crippen molar-refractivity contribution in [1.82, 2.24) is 0 Å². The van der Waals surface area contributed by atoms with E-state index >= 15 is 0 Å². The van der Waals surface area contributed by atoms with Crippen molar-refractivity contribution >= 4 is 5.69 Å². The zero-order valence-electron chi connectivity index (χ0n) is 13.4. The fraction of sp³-hybridized carbons (Fsp3) is 0.368. The number of aryl methyl sites for hydroxylation is 1. The molecule has 0 amide bonds. The molecule has 2 unspecified atom stereocenters. The highest BCUT2D eigenvalue weighted by Crippen LogP contribution is 2.28. The normalized spacial score (nSPS) is 13.7. The Morgan fingerprint density at radius 2 is 1.71 bits per heavy atom. The minimum absolute atomic E-state index is 0.0695. The maximum atomic E-state index is 10.0. The summed E-state index contributed by atoms with van der Waals surface area (Å²) < 4.78 is 0. The van der Waals surface area contributed by atoms with Crippen molar-refractivity contribution in [2.24, 2.45) is 0 Å². The van der Waals surface area contributed by atoms with Gasteiger partial charge in [0.2, 0.25) is 0 Å². The average Bonchev–Trinajstić information content (AvgIpc) is 2.47. The summed E-state index contributed by atoms with van der Waals surface area (Å²) in [4.78, 5) is 0. The van der Waals surface area contributed by atoms with Crippen LogP contribution in [0.4, 0.5) is 5.69 Å². The van der Waals surface area contributed by atoms with Gasteiger partial charge in [-0.25, -0.2) is 0 Å². The molecule has 2 aromatic carbocycles. The van der Waals surface area contributed by atoms with Crippen LogP contribution in [0, 0.1) is 6.92 Å². The number of phenols is 1. The van der Waals surface area contributed by atoms with Crippen LogP contribution in [0.15, 0.2) is 42.5 Å². The smallest absolute Gasteiger partial charge is 0.121 e. The summed E-state index contributed by atoms with van der Waals surface area (Å²) in [5.41, 5.74) is 4.44. The minimum Gasteiger partial charge on any atom is -0.508 e. The molecule has 2 rings (SSSR count). The molecule has 21 heavy (non-hydrogen) atoms. The van der Waals surface area contributed by atoms with Gasteiger partial charge in [-0.3, -0.25) is 0 Å². The second kappa shape index (κ2) is 6.66. The van der Waals surface area contributed by atoms with Crippen molar-refractivity contribution in [3.63, 3.8) is 0 Å². The van der Waals surface area contributed by atoms with Gasteiger partial charge in [-0.1, -0.05) is 38.1 Å². The van der Waals surface area contributed by atoms with Crippen LogP contribution < -0.4 is 5.32 Å². The first kappa shape index (κ1) is 15.4. The van der Waals surface area contributed by atoms with Crippen LogP contribution in [0.1, 0.15) is 55.8 Å². The van der Waals surface area contributed by atoms with Crippen LogP contribution in [-0.4, -0.2) is 5.11 Å². The van der Waals surface area contributed by atoms with Crippen LogP contribution in [0.25, 0.3) is 0 Å². The number of aromatic hydroxyl groups is 1. The zero-order valence-corrected chi connectivity index (χ0v) is 13.4. The van der Waals surface area contributed by atoms with Crippen LogP contribution in [0.3, 0.4) is 0 Å². The SMILES string of the molecule is CCC(C)c1ccc(NC(C)c2ccc(C)cc2O)cc1. The predicted octanol–water partition coefficient (Wildman–Crippen LogP) is 5.39. The van der Waals surface area contributed by atoms with E-state index in [0.717, 1.165) is 23.2 Å². The first-order valence-corrected chi connectivity index (χ1v) is 7.67. The van der Waals surface area contributed by atoms with Crippen LogP contribution >= 0.6 is 0 Å². The molecule has 0 saturated carbocycles. The Morgan fingerprint density at radius 3 is 2.29 bits per heavy atom. The fourth-order valence-electron chi connectivity index (χ4n) is 2.49. The van der Waals surface area contributed by atoms with Crippen molar-refractivity contribution in [3.05, 3.63) is 59.2 Å². The first-order chi connectivity index (χ1) is 10.0. The number of rotatable bonds is 5. The Bertz CT molecular complexity index is 589. The maximum Gasteiger partial charge on any atom is 0.121 e. The molecule has 0 fully saturated rings. The molecule has 2 atom stereocenters. The van der Waals surface area contributed by atoms with E-state index in [1.807, 2.05) is 19.1 Å². The second-order valence-corrected chi connectivity index (χ2v) is 5.86. The van der Waals surface area contributed by atoms with E-state index in [4.69, 9.17) is 0 Å². The second-order valence-electron chi connectivity index (χ2n) is 5.86. The summed E-state index contributed by atoms with van der Waals surface area (Å²) in [5.74, 6) is 0.948. The molecule has 0 saturated heterocycles. The third-order valence-corrected chi connectivity index (χ3v) is 4.13. The van der Waals surface area contributed by atoms with Gasteiger partial charge in [0.25, 0.3) is 0 Å². The molecule has 2 nitrogen and oxygen atoms in total. The third kappa shape index (κ3) is 3.78. The number of hydrogen-bond acceptors (Lipinski definition) is 2. The number of anilines is 1. The van der Waals surface area contributed by atoms with Gasteiger partial charge in [0, 0.05) is 11.3 Å². The number of hydrogen-bond donors (Lipinski definition) is 2. The van der Waals surface area contributed by atoms with Gasteiger partial charge >= 0.3 is 0 Å². The number of nitrogens with one attached hydrogen (secondary N) is 1. The summed E-state index contributed by atoms with van der Waals surface area (Å²) >= 11 is 0. The van der Waals surface area contributed by atoms with Crippen molar-refractivity contribution in [3.8, 4) is 5.75 Å². The molecule has 0 aromatic heterocycles. The summed E-state index contributed by atoms with van der Waals surface area (Å²) in [6.07, 6.45) is 1.15. The summed E-state index contributed by atoms with van der Waals surface area (Å²) in [7, 11) is 0. The lowest BCUT2D eigenvalue weighted by atomic mass is 9.98. The summed E-state index contributed by atoms with van der Waals surface area (Å²) in [6, 6.07) is 14.5. The summed E-state index contributed by atoms with van der Waals surface area (Å²) in [6.45, 7) is 8.50. The van der Waals surface area contributed by atoms with E-state index in [9.17, 15) is 5.11 Å². The van der Waals surface area contributed by atoms with E-state index in [2.05, 4.69) is 50.4 Å². The standard InChI is InChI=1S/C19H25NO/c1-5-14(3)16-7-9-17(10-8-16)20-15(4)18-11-6-13(2)12-19(18)21/h6-12,14-15,20-21H,5H2,1-4H3. The van der Waals surface area contributed by atoms with E-state index in [1.165, 1.54) is 5.56 Å². The molecular weight excluding hydrogens is 258 g/mol. The summed E-state index contributed by atoms with van der Waals surface area (Å²) in [5, 5.41) is 13.5. The maximum absolute atomic E-state index is 10.0. The van der Waals surface area contributed by atoms with Gasteiger partial charge in [-0.15, -0.1) is 0 Å². The Morgan fingerprint density at radius 1 is 1.05 bits per heavy atom. The quantitative estimate of drug-likeness (QED) is 0.771. The van der Waals surface area contributed by atoms with Crippen molar-refractivity contribution in [1.29, 1.82) is 0 Å². The molecule has 0 aliphatic carbocycles. The molecular formula is C19H25NO. The highest BCUT2D eigenvalue weighted by Gasteiger charge is 2.10. The number of benzene rings is 2. The molecule has 0 spiro atoms. The molecule has 112 valence electrons. The van der Waals surface area contributed by atoms with E-state index < -0.39 is 0 Å². The molecule has 0 aliphatic heterocycles. The topological polar surface area (TPSA) is 32.3 Å². The Balaban J connectivity index is 2.10. The van der Waals surface area contributed by atoms with E-state index in [1.54, 1.807) is 6.07 Å². The molecule has 0 radical (unpaired) electrons. The van der Waals surface area contributed by atoms with Gasteiger partial charge < -0.3 is 10.4 Å². The van der Waals surface area contributed by atoms with Crippen LogP contribution in [-0.2, 0) is 0 Å². The molecule has 0 bridgehead atoms. The lowest BCUT2D eigenvalue weighted by Gasteiger charge is -2.18. The van der Waals surface area contributed by atoms with Gasteiger partial charge in [0.1, 0.15) is 5.75 Å². The van der Waals surface area contributed by atoms with Crippen molar-refractivity contribution in [2.45, 2.75) is 46.1 Å². The highest BCUT2D eigenvalue weighted by atomic mass is 16.3. The molecule has 0 aliphatic rings. The van der Waals surface area contributed by atoms with Gasteiger partial charge in [0.15, 0.2) is 0 Å². The lowest BCUT2D eigenvalue weighted by molar-refractivity contribution is 0.465. The molecule has 2 N–H and O–H groups in total. The highest BCUT2D eigenvalue weighted by molar-refractivity contribution is 5.49. The van der Waals surface area contributed by atoms with Crippen LogP contribution in [0.5, 0.6) is 5.75 Å². The first-order valence-electron chi connectivity index (χ1n) is 7.67. The fourth-order valence-corrected chi connectivity index (χ4v) is 2.49. The van der Waals surface area contributed by atoms with Gasteiger partial charge in [-0.05, 0) is 55.5 Å². The Kier molecular flexibility index (Phi) is 4.89. The van der Waals surface area contributed by atoms with Crippen molar-refractivity contribution in [2.75, 3.05) is 5.32 Å². The largest absolute Gasteiger partial charge is 0.508 e. The molecule has 0 heterocycles.